The Morgan fingerprint density at radius 1 is 1.64 bits per heavy atom. The number of hydrogen-bond acceptors (Lipinski definition) is 3. The number of carbonyl (C=O) groups excluding carboxylic acids is 1. The molecule has 0 bridgehead atoms. The summed E-state index contributed by atoms with van der Waals surface area (Å²) in [5.41, 5.74) is 5.60. The lowest BCUT2D eigenvalue weighted by Gasteiger charge is -2.10. The highest BCUT2D eigenvalue weighted by molar-refractivity contribution is 9.10. The molecular weight excluding hydrogens is 253 g/mol. The lowest BCUT2D eigenvalue weighted by Crippen LogP contribution is -2.23. The molecular formula is C9H9BrFNO2. The fourth-order valence-electron chi connectivity index (χ4n) is 1.01. The van der Waals surface area contributed by atoms with Crippen LogP contribution in [0.1, 0.15) is 11.6 Å². The molecule has 0 aliphatic heterocycles. The first kappa shape index (κ1) is 11.1. The molecule has 0 radical (unpaired) electrons. The molecule has 0 heterocycles. The molecule has 76 valence electrons. The molecule has 0 amide bonds. The molecule has 1 aromatic carbocycles. The molecule has 0 aromatic heterocycles. The zero-order valence-electron chi connectivity index (χ0n) is 7.46. The number of nitrogens with two attached hydrogens (primary N) is 1. The summed E-state index contributed by atoms with van der Waals surface area (Å²) in [4.78, 5) is 11.0. The van der Waals surface area contributed by atoms with E-state index >= 15 is 0 Å². The molecule has 14 heavy (non-hydrogen) atoms. The van der Waals surface area contributed by atoms with Gasteiger partial charge in [0.05, 0.1) is 7.11 Å². The molecule has 0 spiro atoms. The highest BCUT2D eigenvalue weighted by atomic mass is 79.9. The summed E-state index contributed by atoms with van der Waals surface area (Å²) in [6.07, 6.45) is 0. The van der Waals surface area contributed by atoms with E-state index in [1.807, 2.05) is 0 Å². The fourth-order valence-corrected chi connectivity index (χ4v) is 1.39. The standard InChI is InChI=1S/C9H9BrFNO2/c1-14-9(13)8(12)6-4-5(10)2-3-7(6)11/h2-4,8H,12H2,1H3. The lowest BCUT2D eigenvalue weighted by molar-refractivity contribution is -0.142. The minimum atomic E-state index is -1.09. The number of rotatable bonds is 2. The van der Waals surface area contributed by atoms with Gasteiger partial charge in [0.25, 0.3) is 0 Å². The van der Waals surface area contributed by atoms with Crippen molar-refractivity contribution in [1.82, 2.24) is 0 Å². The summed E-state index contributed by atoms with van der Waals surface area (Å²) in [6.45, 7) is 0. The number of halogens is 2. The molecule has 0 saturated carbocycles. The Morgan fingerprint density at radius 2 is 2.29 bits per heavy atom. The van der Waals surface area contributed by atoms with Crippen molar-refractivity contribution in [1.29, 1.82) is 0 Å². The Bertz CT molecular complexity index is 357. The van der Waals surface area contributed by atoms with Crippen LogP contribution in [0.4, 0.5) is 4.39 Å². The van der Waals surface area contributed by atoms with Gasteiger partial charge in [0.1, 0.15) is 11.9 Å². The highest BCUT2D eigenvalue weighted by Gasteiger charge is 2.19. The minimum Gasteiger partial charge on any atom is -0.468 e. The van der Waals surface area contributed by atoms with Gasteiger partial charge in [0, 0.05) is 10.0 Å². The molecule has 1 aromatic rings. The van der Waals surface area contributed by atoms with Gasteiger partial charge >= 0.3 is 5.97 Å². The van der Waals surface area contributed by atoms with Crippen LogP contribution in [0.2, 0.25) is 0 Å². The van der Waals surface area contributed by atoms with Gasteiger partial charge in [-0.25, -0.2) is 4.39 Å². The van der Waals surface area contributed by atoms with E-state index < -0.39 is 17.8 Å². The number of benzene rings is 1. The van der Waals surface area contributed by atoms with Crippen LogP contribution in [0, 0.1) is 5.82 Å². The first-order chi connectivity index (χ1) is 6.56. The average molecular weight is 262 g/mol. The van der Waals surface area contributed by atoms with E-state index in [1.54, 1.807) is 0 Å². The summed E-state index contributed by atoms with van der Waals surface area (Å²) in [7, 11) is 1.21. The van der Waals surface area contributed by atoms with Gasteiger partial charge in [0.2, 0.25) is 0 Å². The summed E-state index contributed by atoms with van der Waals surface area (Å²) >= 11 is 3.16. The van der Waals surface area contributed by atoms with E-state index in [0.29, 0.717) is 4.47 Å². The van der Waals surface area contributed by atoms with Crippen molar-refractivity contribution in [3.05, 3.63) is 34.1 Å². The quantitative estimate of drug-likeness (QED) is 0.826. The Hall–Kier alpha value is -0.940. The average Bonchev–Trinajstić information content (AvgIpc) is 2.19. The summed E-state index contributed by atoms with van der Waals surface area (Å²) in [6, 6.07) is 3.14. The molecule has 5 heteroatoms. The SMILES string of the molecule is COC(=O)C(N)c1cc(Br)ccc1F. The Kier molecular flexibility index (Phi) is 3.60. The van der Waals surface area contributed by atoms with E-state index in [2.05, 4.69) is 20.7 Å². The van der Waals surface area contributed by atoms with Crippen LogP contribution in [-0.2, 0) is 9.53 Å². The van der Waals surface area contributed by atoms with E-state index in [4.69, 9.17) is 5.73 Å². The van der Waals surface area contributed by atoms with E-state index in [-0.39, 0.29) is 5.56 Å². The maximum Gasteiger partial charge on any atom is 0.327 e. The Morgan fingerprint density at radius 3 is 2.86 bits per heavy atom. The van der Waals surface area contributed by atoms with E-state index in [1.165, 1.54) is 25.3 Å². The number of esters is 1. The van der Waals surface area contributed by atoms with E-state index in [0.717, 1.165) is 0 Å². The second kappa shape index (κ2) is 4.52. The van der Waals surface area contributed by atoms with Gasteiger partial charge in [-0.05, 0) is 18.2 Å². The molecule has 1 atom stereocenters. The molecule has 1 rings (SSSR count). The third-order valence-electron chi connectivity index (χ3n) is 1.75. The fraction of sp³-hybridized carbons (Fsp3) is 0.222. The molecule has 1 unspecified atom stereocenters. The zero-order valence-corrected chi connectivity index (χ0v) is 9.05. The maximum absolute atomic E-state index is 13.2. The van der Waals surface area contributed by atoms with Crippen molar-refractivity contribution < 1.29 is 13.9 Å². The largest absolute Gasteiger partial charge is 0.468 e. The Labute approximate surface area is 89.2 Å². The molecule has 3 nitrogen and oxygen atoms in total. The van der Waals surface area contributed by atoms with Crippen LogP contribution in [0.25, 0.3) is 0 Å². The second-order valence-corrected chi connectivity index (χ2v) is 3.58. The van der Waals surface area contributed by atoms with Crippen molar-refractivity contribution in [2.24, 2.45) is 5.73 Å². The van der Waals surface area contributed by atoms with Crippen LogP contribution < -0.4 is 5.73 Å². The van der Waals surface area contributed by atoms with Crippen LogP contribution in [0.5, 0.6) is 0 Å². The molecule has 0 fully saturated rings. The minimum absolute atomic E-state index is 0.117. The van der Waals surface area contributed by atoms with Crippen molar-refractivity contribution in [3.8, 4) is 0 Å². The lowest BCUT2D eigenvalue weighted by atomic mass is 10.1. The second-order valence-electron chi connectivity index (χ2n) is 2.67. The van der Waals surface area contributed by atoms with Crippen LogP contribution in [0.15, 0.2) is 22.7 Å². The van der Waals surface area contributed by atoms with Gasteiger partial charge in [-0.2, -0.15) is 0 Å². The summed E-state index contributed by atoms with van der Waals surface area (Å²) in [5.74, 6) is -1.19. The van der Waals surface area contributed by atoms with Crippen molar-refractivity contribution >= 4 is 21.9 Å². The zero-order chi connectivity index (χ0) is 10.7. The van der Waals surface area contributed by atoms with Crippen LogP contribution in [0.3, 0.4) is 0 Å². The topological polar surface area (TPSA) is 52.3 Å². The summed E-state index contributed by atoms with van der Waals surface area (Å²) < 4.78 is 18.3. The number of hydrogen-bond donors (Lipinski definition) is 1. The van der Waals surface area contributed by atoms with Gasteiger partial charge in [0.15, 0.2) is 0 Å². The van der Waals surface area contributed by atoms with E-state index in [9.17, 15) is 9.18 Å². The third kappa shape index (κ3) is 2.30. The third-order valence-corrected chi connectivity index (χ3v) is 2.24. The number of carbonyl (C=O) groups is 1. The van der Waals surface area contributed by atoms with Gasteiger partial charge in [-0.15, -0.1) is 0 Å². The smallest absolute Gasteiger partial charge is 0.327 e. The van der Waals surface area contributed by atoms with Crippen LogP contribution in [-0.4, -0.2) is 13.1 Å². The number of methoxy groups -OCH3 is 1. The highest BCUT2D eigenvalue weighted by Crippen LogP contribution is 2.20. The predicted molar refractivity (Wildman–Crippen MR) is 53.0 cm³/mol. The molecule has 0 saturated heterocycles. The first-order valence-electron chi connectivity index (χ1n) is 3.84. The van der Waals surface area contributed by atoms with Gasteiger partial charge < -0.3 is 10.5 Å². The first-order valence-corrected chi connectivity index (χ1v) is 4.64. The number of ether oxygens (including phenoxy) is 1. The Balaban J connectivity index is 3.05. The van der Waals surface area contributed by atoms with Crippen molar-refractivity contribution in [3.63, 3.8) is 0 Å². The maximum atomic E-state index is 13.2. The van der Waals surface area contributed by atoms with Crippen LogP contribution >= 0.6 is 15.9 Å². The van der Waals surface area contributed by atoms with Gasteiger partial charge in [-0.3, -0.25) is 4.79 Å². The van der Waals surface area contributed by atoms with Crippen molar-refractivity contribution in [2.75, 3.05) is 7.11 Å². The van der Waals surface area contributed by atoms with Gasteiger partial charge in [-0.1, -0.05) is 15.9 Å². The monoisotopic (exact) mass is 261 g/mol. The molecule has 0 aliphatic rings. The molecule has 2 N–H and O–H groups in total. The van der Waals surface area contributed by atoms with Crippen molar-refractivity contribution in [2.45, 2.75) is 6.04 Å². The predicted octanol–water partition coefficient (Wildman–Crippen LogP) is 1.76. The normalized spacial score (nSPS) is 12.3. The summed E-state index contributed by atoms with van der Waals surface area (Å²) in [5, 5.41) is 0. The molecule has 0 aliphatic carbocycles.